The number of amides is 3. The van der Waals surface area contributed by atoms with Gasteiger partial charge in [-0.2, -0.15) is 0 Å². The first kappa shape index (κ1) is 14.8. The van der Waals surface area contributed by atoms with E-state index in [9.17, 15) is 9.59 Å². The second-order valence-electron chi connectivity index (χ2n) is 5.95. The molecule has 0 bridgehead atoms. The average molecular weight is 302 g/mol. The van der Waals surface area contributed by atoms with Gasteiger partial charge >= 0.3 is 6.03 Å². The zero-order valence-electron chi connectivity index (χ0n) is 12.7. The van der Waals surface area contributed by atoms with E-state index in [1.807, 2.05) is 4.90 Å². The third-order valence-electron chi connectivity index (χ3n) is 4.46. The Morgan fingerprint density at radius 3 is 2.23 bits per heavy atom. The minimum Gasteiger partial charge on any atom is -0.335 e. The Morgan fingerprint density at radius 1 is 1.00 bits per heavy atom. The number of rotatable bonds is 2. The lowest BCUT2D eigenvalue weighted by molar-refractivity contribution is 0.0663. The van der Waals surface area contributed by atoms with Gasteiger partial charge in [0.05, 0.1) is 0 Å². The van der Waals surface area contributed by atoms with Crippen LogP contribution in [0.3, 0.4) is 0 Å². The Kier molecular flexibility index (Phi) is 4.56. The number of nitrogens with one attached hydrogen (secondary N) is 1. The summed E-state index contributed by atoms with van der Waals surface area (Å²) in [4.78, 5) is 32.1. The van der Waals surface area contributed by atoms with Crippen LogP contribution in [-0.4, -0.2) is 58.9 Å². The van der Waals surface area contributed by atoms with E-state index in [-0.39, 0.29) is 11.9 Å². The fourth-order valence-corrected chi connectivity index (χ4v) is 3.13. The minimum atomic E-state index is 0.0123. The first-order valence-electron chi connectivity index (χ1n) is 7.99. The van der Waals surface area contributed by atoms with E-state index in [0.29, 0.717) is 37.8 Å². The molecule has 0 atom stereocenters. The Morgan fingerprint density at radius 2 is 1.59 bits per heavy atom. The number of hydrogen-bond donors (Lipinski definition) is 1. The zero-order valence-corrected chi connectivity index (χ0v) is 12.7. The average Bonchev–Trinajstić information content (AvgIpc) is 3.08. The van der Waals surface area contributed by atoms with Crippen molar-refractivity contribution in [2.24, 2.45) is 0 Å². The molecule has 22 heavy (non-hydrogen) atoms. The molecule has 118 valence electrons. The van der Waals surface area contributed by atoms with Crippen LogP contribution < -0.4 is 5.32 Å². The Labute approximate surface area is 130 Å². The molecule has 2 heterocycles. The number of nitrogens with zero attached hydrogens (tertiary/aromatic N) is 3. The topological polar surface area (TPSA) is 65.5 Å². The van der Waals surface area contributed by atoms with Crippen molar-refractivity contribution in [1.29, 1.82) is 0 Å². The van der Waals surface area contributed by atoms with Crippen molar-refractivity contribution in [1.82, 2.24) is 20.1 Å². The fraction of sp³-hybridized carbons (Fsp3) is 0.562. The molecular formula is C16H22N4O2. The second-order valence-corrected chi connectivity index (χ2v) is 5.95. The number of pyridine rings is 1. The summed E-state index contributed by atoms with van der Waals surface area (Å²) in [6, 6.07) is 3.80. The maximum Gasteiger partial charge on any atom is 0.317 e. The highest BCUT2D eigenvalue weighted by Crippen LogP contribution is 2.18. The number of carbonyl (C=O) groups excluding carboxylic acids is 2. The third kappa shape index (κ3) is 3.37. The standard InChI is InChI=1S/C16H22N4O2/c21-15(13-5-7-17-8-6-13)19-9-11-20(12-10-19)16(22)18-14-3-1-2-4-14/h5-8,14H,1-4,9-12H2,(H,18,22). The third-order valence-corrected chi connectivity index (χ3v) is 4.46. The summed E-state index contributed by atoms with van der Waals surface area (Å²) in [5, 5.41) is 3.10. The van der Waals surface area contributed by atoms with Crippen molar-refractivity contribution < 1.29 is 9.59 Å². The Balaban J connectivity index is 1.49. The summed E-state index contributed by atoms with van der Waals surface area (Å²) >= 11 is 0. The number of hydrogen-bond acceptors (Lipinski definition) is 3. The molecule has 1 aliphatic carbocycles. The highest BCUT2D eigenvalue weighted by atomic mass is 16.2. The minimum absolute atomic E-state index is 0.0123. The van der Waals surface area contributed by atoms with Crippen LogP contribution in [-0.2, 0) is 0 Å². The molecule has 6 heteroatoms. The summed E-state index contributed by atoms with van der Waals surface area (Å²) in [5.74, 6) is 0.0123. The van der Waals surface area contributed by atoms with Gasteiger partial charge in [0, 0.05) is 50.2 Å². The smallest absolute Gasteiger partial charge is 0.317 e. The van der Waals surface area contributed by atoms with E-state index in [4.69, 9.17) is 0 Å². The SMILES string of the molecule is O=C(NC1CCCC1)N1CCN(C(=O)c2ccncc2)CC1. The van der Waals surface area contributed by atoms with Crippen LogP contribution in [0.2, 0.25) is 0 Å². The van der Waals surface area contributed by atoms with Gasteiger partial charge in [0.2, 0.25) is 0 Å². The summed E-state index contributed by atoms with van der Waals surface area (Å²) < 4.78 is 0. The molecule has 3 amide bonds. The second kappa shape index (κ2) is 6.77. The molecule has 1 aliphatic heterocycles. The predicted molar refractivity (Wildman–Crippen MR) is 82.5 cm³/mol. The molecule has 1 saturated carbocycles. The predicted octanol–water partition coefficient (Wildman–Crippen LogP) is 1.49. The molecular weight excluding hydrogens is 280 g/mol. The number of carbonyl (C=O) groups is 2. The quantitative estimate of drug-likeness (QED) is 0.900. The summed E-state index contributed by atoms with van der Waals surface area (Å²) in [5.41, 5.74) is 0.652. The zero-order chi connectivity index (χ0) is 15.4. The van der Waals surface area contributed by atoms with Crippen LogP contribution in [0.15, 0.2) is 24.5 Å². The maximum atomic E-state index is 12.3. The first-order valence-corrected chi connectivity index (χ1v) is 7.99. The van der Waals surface area contributed by atoms with Crippen molar-refractivity contribution in [2.75, 3.05) is 26.2 Å². The number of aromatic nitrogens is 1. The van der Waals surface area contributed by atoms with Crippen LogP contribution in [0.4, 0.5) is 4.79 Å². The van der Waals surface area contributed by atoms with Crippen molar-refractivity contribution in [3.8, 4) is 0 Å². The number of urea groups is 1. The van der Waals surface area contributed by atoms with Crippen LogP contribution in [0, 0.1) is 0 Å². The largest absolute Gasteiger partial charge is 0.335 e. The van der Waals surface area contributed by atoms with Gasteiger partial charge in [0.25, 0.3) is 5.91 Å². The van der Waals surface area contributed by atoms with Crippen molar-refractivity contribution >= 4 is 11.9 Å². The summed E-state index contributed by atoms with van der Waals surface area (Å²) in [7, 11) is 0. The molecule has 0 unspecified atom stereocenters. The van der Waals surface area contributed by atoms with Gasteiger partial charge in [-0.05, 0) is 25.0 Å². The van der Waals surface area contributed by atoms with E-state index < -0.39 is 0 Å². The lowest BCUT2D eigenvalue weighted by Crippen LogP contribution is -2.54. The monoisotopic (exact) mass is 302 g/mol. The Hall–Kier alpha value is -2.11. The molecule has 0 aromatic carbocycles. The molecule has 3 rings (SSSR count). The normalized spacial score (nSPS) is 19.3. The van der Waals surface area contributed by atoms with Crippen molar-refractivity contribution in [3.05, 3.63) is 30.1 Å². The van der Waals surface area contributed by atoms with Crippen molar-refractivity contribution in [3.63, 3.8) is 0 Å². The first-order chi connectivity index (χ1) is 10.7. The molecule has 6 nitrogen and oxygen atoms in total. The fourth-order valence-electron chi connectivity index (χ4n) is 3.13. The summed E-state index contributed by atoms with van der Waals surface area (Å²) in [6.07, 6.45) is 7.84. The van der Waals surface area contributed by atoms with E-state index >= 15 is 0 Å². The van der Waals surface area contributed by atoms with Crippen LogP contribution in [0.5, 0.6) is 0 Å². The van der Waals surface area contributed by atoms with E-state index in [1.54, 1.807) is 29.4 Å². The van der Waals surface area contributed by atoms with Crippen LogP contribution in [0.1, 0.15) is 36.0 Å². The summed E-state index contributed by atoms with van der Waals surface area (Å²) in [6.45, 7) is 2.35. The van der Waals surface area contributed by atoms with E-state index in [1.165, 1.54) is 12.8 Å². The van der Waals surface area contributed by atoms with Crippen LogP contribution >= 0.6 is 0 Å². The number of piperazine rings is 1. The maximum absolute atomic E-state index is 12.3. The van der Waals surface area contributed by atoms with Gasteiger partial charge in [-0.3, -0.25) is 9.78 Å². The molecule has 1 aromatic heterocycles. The Bertz CT molecular complexity index is 520. The molecule has 1 aromatic rings. The molecule has 1 N–H and O–H groups in total. The van der Waals surface area contributed by atoms with E-state index in [0.717, 1.165) is 12.8 Å². The van der Waals surface area contributed by atoms with Gasteiger partial charge in [0.15, 0.2) is 0 Å². The lowest BCUT2D eigenvalue weighted by Gasteiger charge is -2.35. The van der Waals surface area contributed by atoms with Gasteiger partial charge in [-0.25, -0.2) is 4.79 Å². The van der Waals surface area contributed by atoms with Crippen LogP contribution in [0.25, 0.3) is 0 Å². The molecule has 2 fully saturated rings. The highest BCUT2D eigenvalue weighted by molar-refractivity contribution is 5.94. The molecule has 0 spiro atoms. The van der Waals surface area contributed by atoms with Gasteiger partial charge in [-0.15, -0.1) is 0 Å². The molecule has 1 saturated heterocycles. The molecule has 0 radical (unpaired) electrons. The van der Waals surface area contributed by atoms with Gasteiger partial charge < -0.3 is 15.1 Å². The van der Waals surface area contributed by atoms with Gasteiger partial charge in [-0.1, -0.05) is 12.8 Å². The molecule has 2 aliphatic rings. The van der Waals surface area contributed by atoms with Gasteiger partial charge in [0.1, 0.15) is 0 Å². The lowest BCUT2D eigenvalue weighted by atomic mass is 10.2. The van der Waals surface area contributed by atoms with E-state index in [2.05, 4.69) is 10.3 Å². The van der Waals surface area contributed by atoms with Crippen molar-refractivity contribution in [2.45, 2.75) is 31.7 Å². The highest BCUT2D eigenvalue weighted by Gasteiger charge is 2.26.